The third-order valence-electron chi connectivity index (χ3n) is 12.9. The summed E-state index contributed by atoms with van der Waals surface area (Å²) in [4.78, 5) is 38.2. The summed E-state index contributed by atoms with van der Waals surface area (Å²) in [5.41, 5.74) is 0. The minimum Gasteiger partial charge on any atom is -0.462 e. The summed E-state index contributed by atoms with van der Waals surface area (Å²) >= 11 is 0. The molecule has 0 radical (unpaired) electrons. The second-order valence-corrected chi connectivity index (χ2v) is 20.2. The van der Waals surface area contributed by atoms with Crippen molar-refractivity contribution < 1.29 is 28.6 Å². The van der Waals surface area contributed by atoms with E-state index in [4.69, 9.17) is 14.2 Å². The normalized spacial score (nSPS) is 12.9. The van der Waals surface area contributed by atoms with Crippen LogP contribution in [0.3, 0.4) is 0 Å². The Morgan fingerprint density at radius 1 is 0.280 bits per heavy atom. The first-order valence-corrected chi connectivity index (χ1v) is 31.0. The molecular formula is C69H114O6. The predicted molar refractivity (Wildman–Crippen MR) is 325 cm³/mol. The van der Waals surface area contributed by atoms with E-state index < -0.39 is 6.10 Å². The highest BCUT2D eigenvalue weighted by Gasteiger charge is 2.19. The maximum atomic E-state index is 12.9. The van der Waals surface area contributed by atoms with Crippen LogP contribution in [0.4, 0.5) is 0 Å². The van der Waals surface area contributed by atoms with Crippen molar-refractivity contribution in [3.05, 3.63) is 122 Å². The van der Waals surface area contributed by atoms with Crippen molar-refractivity contribution in [3.63, 3.8) is 0 Å². The standard InChI is InChI=1S/C69H114O6/c1-4-7-10-13-16-19-22-25-27-29-30-31-32-33-34-35-36-37-38-40-41-44-47-50-53-56-59-62-68(71)74-65-66(64-73-67(70)61-58-55-52-49-46-43-24-21-18-15-12-9-6-3)75-69(72)63-60-57-54-51-48-45-42-39-28-26-23-20-17-14-11-8-5-2/h7-8,10-12,15-17,19-21,24-28,30-31,42,45,66H,4-6,9,13-14,18,22-23,29,32-41,43-44,46-65H2,1-3H3/b10-7-,11-8-,15-12-,19-16-,20-17-,24-21-,27-25-,28-26-,31-30-,45-42-. The van der Waals surface area contributed by atoms with Crippen LogP contribution in [0.15, 0.2) is 122 Å². The predicted octanol–water partition coefficient (Wildman–Crippen LogP) is 21.2. The molecule has 0 saturated heterocycles. The van der Waals surface area contributed by atoms with Gasteiger partial charge >= 0.3 is 17.9 Å². The van der Waals surface area contributed by atoms with Crippen molar-refractivity contribution in [2.75, 3.05) is 13.2 Å². The molecule has 0 aliphatic carbocycles. The molecule has 0 aromatic heterocycles. The van der Waals surface area contributed by atoms with Gasteiger partial charge < -0.3 is 14.2 Å². The smallest absolute Gasteiger partial charge is 0.306 e. The van der Waals surface area contributed by atoms with Gasteiger partial charge in [0.15, 0.2) is 6.10 Å². The van der Waals surface area contributed by atoms with E-state index in [0.717, 1.165) is 154 Å². The number of hydrogen-bond acceptors (Lipinski definition) is 6. The van der Waals surface area contributed by atoms with E-state index in [1.165, 1.54) is 83.5 Å². The molecule has 0 spiro atoms. The zero-order valence-electron chi connectivity index (χ0n) is 48.8. The van der Waals surface area contributed by atoms with Crippen molar-refractivity contribution in [2.24, 2.45) is 0 Å². The lowest BCUT2D eigenvalue weighted by atomic mass is 10.0. The van der Waals surface area contributed by atoms with Crippen LogP contribution in [-0.4, -0.2) is 37.2 Å². The van der Waals surface area contributed by atoms with Gasteiger partial charge in [0.1, 0.15) is 13.2 Å². The average Bonchev–Trinajstić information content (AvgIpc) is 3.41. The van der Waals surface area contributed by atoms with Crippen LogP contribution in [0, 0.1) is 0 Å². The van der Waals surface area contributed by atoms with Crippen LogP contribution in [-0.2, 0) is 28.6 Å². The Balaban J connectivity index is 4.32. The van der Waals surface area contributed by atoms with E-state index in [1.54, 1.807) is 0 Å². The molecule has 0 fully saturated rings. The molecule has 1 unspecified atom stereocenters. The number of rotatable bonds is 55. The highest BCUT2D eigenvalue weighted by Crippen LogP contribution is 2.16. The summed E-state index contributed by atoms with van der Waals surface area (Å²) in [6.45, 7) is 6.33. The Morgan fingerprint density at radius 2 is 0.520 bits per heavy atom. The van der Waals surface area contributed by atoms with E-state index in [0.29, 0.717) is 19.3 Å². The first-order valence-electron chi connectivity index (χ1n) is 31.0. The number of carbonyl (C=O) groups excluding carboxylic acids is 3. The average molecular weight is 1040 g/mol. The highest BCUT2D eigenvalue weighted by molar-refractivity contribution is 5.71. The fourth-order valence-electron chi connectivity index (χ4n) is 8.35. The Kier molecular flexibility index (Phi) is 58.9. The van der Waals surface area contributed by atoms with Crippen LogP contribution in [0.2, 0.25) is 0 Å². The summed E-state index contributed by atoms with van der Waals surface area (Å²) in [6.07, 6.45) is 86.3. The molecule has 0 rings (SSSR count). The SMILES string of the molecule is CC/C=C\C/C=C\C/C=C\C/C=C\CCCCCCCCCCCCCCCCC(=O)OCC(COC(=O)CCCCCCC/C=C\C/C=C\CCC)OC(=O)CCCCCC/C=C\C/C=C\C/C=C\C/C=C\CC. The van der Waals surface area contributed by atoms with E-state index in [-0.39, 0.29) is 31.1 Å². The minimum atomic E-state index is -0.800. The quantitative estimate of drug-likeness (QED) is 0.0261. The van der Waals surface area contributed by atoms with Crippen LogP contribution >= 0.6 is 0 Å². The molecule has 0 saturated carbocycles. The number of esters is 3. The van der Waals surface area contributed by atoms with Gasteiger partial charge in [-0.05, 0) is 122 Å². The molecule has 6 heteroatoms. The van der Waals surface area contributed by atoms with Gasteiger partial charge in [-0.15, -0.1) is 0 Å². The van der Waals surface area contributed by atoms with Crippen molar-refractivity contribution in [3.8, 4) is 0 Å². The van der Waals surface area contributed by atoms with Crippen molar-refractivity contribution in [2.45, 2.75) is 284 Å². The zero-order chi connectivity index (χ0) is 54.3. The van der Waals surface area contributed by atoms with E-state index >= 15 is 0 Å². The number of ether oxygens (including phenoxy) is 3. The zero-order valence-corrected chi connectivity index (χ0v) is 48.8. The Bertz CT molecular complexity index is 1570. The molecule has 0 aliphatic rings. The lowest BCUT2D eigenvalue weighted by Crippen LogP contribution is -2.30. The molecule has 0 aliphatic heterocycles. The van der Waals surface area contributed by atoms with Gasteiger partial charge in [0.2, 0.25) is 0 Å². The second-order valence-electron chi connectivity index (χ2n) is 20.2. The third-order valence-corrected chi connectivity index (χ3v) is 12.9. The maximum absolute atomic E-state index is 12.9. The molecule has 0 aromatic rings. The van der Waals surface area contributed by atoms with E-state index in [1.807, 2.05) is 0 Å². The van der Waals surface area contributed by atoms with Gasteiger partial charge in [0, 0.05) is 19.3 Å². The van der Waals surface area contributed by atoms with Gasteiger partial charge in [-0.2, -0.15) is 0 Å². The fourth-order valence-corrected chi connectivity index (χ4v) is 8.35. The molecule has 0 amide bonds. The van der Waals surface area contributed by atoms with Gasteiger partial charge in [-0.1, -0.05) is 258 Å². The molecule has 6 nitrogen and oxygen atoms in total. The lowest BCUT2D eigenvalue weighted by molar-refractivity contribution is -0.167. The van der Waals surface area contributed by atoms with Crippen molar-refractivity contribution in [1.82, 2.24) is 0 Å². The molecule has 426 valence electrons. The minimum absolute atomic E-state index is 0.0944. The molecule has 75 heavy (non-hydrogen) atoms. The maximum Gasteiger partial charge on any atom is 0.306 e. The monoisotopic (exact) mass is 1040 g/mol. The van der Waals surface area contributed by atoms with Gasteiger partial charge in [0.25, 0.3) is 0 Å². The van der Waals surface area contributed by atoms with Gasteiger partial charge in [0.05, 0.1) is 0 Å². The first-order chi connectivity index (χ1) is 37.0. The summed E-state index contributed by atoms with van der Waals surface area (Å²) in [7, 11) is 0. The van der Waals surface area contributed by atoms with E-state index in [2.05, 4.69) is 142 Å². The lowest BCUT2D eigenvalue weighted by Gasteiger charge is -2.18. The summed E-state index contributed by atoms with van der Waals surface area (Å²) < 4.78 is 16.9. The van der Waals surface area contributed by atoms with Gasteiger partial charge in [-0.3, -0.25) is 14.4 Å². The molecule has 0 heterocycles. The molecule has 0 aromatic carbocycles. The largest absolute Gasteiger partial charge is 0.462 e. The van der Waals surface area contributed by atoms with Crippen molar-refractivity contribution >= 4 is 17.9 Å². The van der Waals surface area contributed by atoms with Crippen LogP contribution in [0.5, 0.6) is 0 Å². The number of carbonyl (C=O) groups is 3. The summed E-state index contributed by atoms with van der Waals surface area (Å²) in [6, 6.07) is 0. The topological polar surface area (TPSA) is 78.9 Å². The molecular weight excluding hydrogens is 925 g/mol. The number of hydrogen-bond donors (Lipinski definition) is 0. The number of allylic oxidation sites excluding steroid dienone is 20. The van der Waals surface area contributed by atoms with Gasteiger partial charge in [-0.25, -0.2) is 0 Å². The molecule has 0 bridgehead atoms. The Hall–Kier alpha value is -4.19. The van der Waals surface area contributed by atoms with Crippen molar-refractivity contribution in [1.29, 1.82) is 0 Å². The Labute approximate surface area is 462 Å². The highest BCUT2D eigenvalue weighted by atomic mass is 16.6. The Morgan fingerprint density at radius 3 is 0.813 bits per heavy atom. The number of unbranched alkanes of at least 4 members (excludes halogenated alkanes) is 24. The van der Waals surface area contributed by atoms with Crippen LogP contribution in [0.1, 0.15) is 278 Å². The molecule has 0 N–H and O–H groups in total. The van der Waals surface area contributed by atoms with E-state index in [9.17, 15) is 14.4 Å². The third kappa shape index (κ3) is 60.6. The fraction of sp³-hybridized carbons (Fsp3) is 0.667. The summed E-state index contributed by atoms with van der Waals surface area (Å²) in [5, 5.41) is 0. The second kappa shape index (κ2) is 62.4. The first kappa shape index (κ1) is 70.8. The van der Waals surface area contributed by atoms with Crippen LogP contribution in [0.25, 0.3) is 0 Å². The van der Waals surface area contributed by atoms with Crippen LogP contribution < -0.4 is 0 Å². The summed E-state index contributed by atoms with van der Waals surface area (Å²) in [5.74, 6) is -0.931. The molecule has 1 atom stereocenters.